The lowest BCUT2D eigenvalue weighted by atomic mass is 10.1. The van der Waals surface area contributed by atoms with E-state index in [-0.39, 0.29) is 5.56 Å². The van der Waals surface area contributed by atoms with Crippen molar-refractivity contribution in [2.75, 3.05) is 5.73 Å². The molecule has 3 aromatic rings. The first kappa shape index (κ1) is 12.6. The summed E-state index contributed by atoms with van der Waals surface area (Å²) in [7, 11) is 0. The lowest BCUT2D eigenvalue weighted by Gasteiger charge is -2.04. The first-order chi connectivity index (χ1) is 9.47. The van der Waals surface area contributed by atoms with Crippen molar-refractivity contribution in [2.24, 2.45) is 0 Å². The van der Waals surface area contributed by atoms with E-state index in [9.17, 15) is 8.78 Å². The van der Waals surface area contributed by atoms with Crippen LogP contribution in [0.15, 0.2) is 30.3 Å². The van der Waals surface area contributed by atoms with Gasteiger partial charge in [0.25, 0.3) is 0 Å². The van der Waals surface area contributed by atoms with E-state index in [0.717, 1.165) is 17.3 Å². The minimum absolute atomic E-state index is 0.199. The number of pyridine rings is 1. The molecule has 0 unspecified atom stereocenters. The van der Waals surface area contributed by atoms with E-state index in [0.29, 0.717) is 17.2 Å². The molecule has 5 heteroatoms. The van der Waals surface area contributed by atoms with Gasteiger partial charge in [0, 0.05) is 17.3 Å². The summed E-state index contributed by atoms with van der Waals surface area (Å²) in [4.78, 5) is 4.37. The zero-order chi connectivity index (χ0) is 14.4. The molecule has 20 heavy (non-hydrogen) atoms. The summed E-state index contributed by atoms with van der Waals surface area (Å²) in [5.41, 5.74) is 9.21. The van der Waals surface area contributed by atoms with Crippen LogP contribution in [0.2, 0.25) is 0 Å². The second-order valence-electron chi connectivity index (χ2n) is 4.84. The number of fused-ring (bicyclic) bond motifs is 1. The molecule has 0 bridgehead atoms. The Hall–Kier alpha value is -2.43. The van der Waals surface area contributed by atoms with Gasteiger partial charge in [0.1, 0.15) is 28.8 Å². The Labute approximate surface area is 114 Å². The summed E-state index contributed by atoms with van der Waals surface area (Å²) >= 11 is 0. The molecule has 0 aliphatic rings. The molecule has 2 aromatic heterocycles. The highest BCUT2D eigenvalue weighted by molar-refractivity contribution is 5.75. The minimum atomic E-state index is -0.672. The molecule has 0 aliphatic heterocycles. The summed E-state index contributed by atoms with van der Waals surface area (Å²) in [6, 6.07) is 7.21. The number of nitrogens with two attached hydrogens (primary N) is 1. The van der Waals surface area contributed by atoms with Crippen molar-refractivity contribution in [1.29, 1.82) is 0 Å². The average Bonchev–Trinajstić information content (AvgIpc) is 2.66. The van der Waals surface area contributed by atoms with Gasteiger partial charge < -0.3 is 5.73 Å². The zero-order valence-corrected chi connectivity index (χ0v) is 11.1. The van der Waals surface area contributed by atoms with Crippen LogP contribution in [0.25, 0.3) is 16.9 Å². The molecular weight excluding hydrogens is 260 g/mol. The number of aromatic nitrogens is 2. The molecule has 0 spiro atoms. The maximum atomic E-state index is 13.9. The molecule has 0 saturated carbocycles. The topological polar surface area (TPSA) is 43.3 Å². The van der Waals surface area contributed by atoms with E-state index >= 15 is 0 Å². The molecule has 0 saturated heterocycles. The molecule has 0 atom stereocenters. The van der Waals surface area contributed by atoms with Crippen LogP contribution in [0.3, 0.4) is 0 Å². The molecule has 2 N–H and O–H groups in total. The van der Waals surface area contributed by atoms with Crippen molar-refractivity contribution in [2.45, 2.75) is 13.8 Å². The van der Waals surface area contributed by atoms with Crippen LogP contribution in [0.5, 0.6) is 0 Å². The number of halogens is 2. The summed E-state index contributed by atoms with van der Waals surface area (Å²) in [6.45, 7) is 3.86. The molecule has 0 fully saturated rings. The van der Waals surface area contributed by atoms with Gasteiger partial charge in [0.2, 0.25) is 0 Å². The van der Waals surface area contributed by atoms with E-state index in [2.05, 4.69) is 4.98 Å². The largest absolute Gasteiger partial charge is 0.383 e. The van der Waals surface area contributed by atoms with Crippen molar-refractivity contribution in [1.82, 2.24) is 9.38 Å². The fourth-order valence-corrected chi connectivity index (χ4v) is 2.44. The Bertz CT molecular complexity index is 822. The molecule has 3 nitrogen and oxygen atoms in total. The van der Waals surface area contributed by atoms with E-state index in [1.165, 1.54) is 12.1 Å². The molecule has 102 valence electrons. The summed E-state index contributed by atoms with van der Waals surface area (Å²) in [5.74, 6) is -0.946. The van der Waals surface area contributed by atoms with Gasteiger partial charge in [-0.05, 0) is 43.7 Å². The van der Waals surface area contributed by atoms with Crippen LogP contribution in [0.1, 0.15) is 11.3 Å². The lowest BCUT2D eigenvalue weighted by molar-refractivity contribution is 0.585. The van der Waals surface area contributed by atoms with Crippen molar-refractivity contribution in [3.8, 4) is 11.3 Å². The number of hydrogen-bond donors (Lipinski definition) is 1. The number of nitrogens with zero attached hydrogens (tertiary/aromatic N) is 2. The molecule has 3 rings (SSSR count). The highest BCUT2D eigenvalue weighted by atomic mass is 19.1. The number of aryl methyl sites for hydroxylation is 2. The maximum absolute atomic E-state index is 13.9. The van der Waals surface area contributed by atoms with E-state index in [1.807, 2.05) is 26.0 Å². The first-order valence-electron chi connectivity index (χ1n) is 6.18. The second-order valence-corrected chi connectivity index (χ2v) is 4.84. The van der Waals surface area contributed by atoms with Crippen LogP contribution in [0.4, 0.5) is 14.6 Å². The van der Waals surface area contributed by atoms with Crippen molar-refractivity contribution >= 4 is 11.5 Å². The molecular formula is C15H13F2N3. The van der Waals surface area contributed by atoms with Gasteiger partial charge in [-0.3, -0.25) is 4.40 Å². The van der Waals surface area contributed by atoms with Gasteiger partial charge in [0.15, 0.2) is 0 Å². The quantitative estimate of drug-likeness (QED) is 0.737. The van der Waals surface area contributed by atoms with Crippen LogP contribution in [0, 0.1) is 25.5 Å². The van der Waals surface area contributed by atoms with Crippen LogP contribution in [-0.4, -0.2) is 9.38 Å². The number of hydrogen-bond acceptors (Lipinski definition) is 2. The van der Waals surface area contributed by atoms with Crippen LogP contribution < -0.4 is 5.73 Å². The predicted molar refractivity (Wildman–Crippen MR) is 74.4 cm³/mol. The highest BCUT2D eigenvalue weighted by Crippen LogP contribution is 2.30. The standard InChI is InChI=1S/C15H13F2N3/c1-8-5-9(2)20-13(6-8)19-14(15(20)18)11-4-3-10(16)7-12(11)17/h3-7H,18H2,1-2H3. The van der Waals surface area contributed by atoms with Gasteiger partial charge in [-0.15, -0.1) is 0 Å². The highest BCUT2D eigenvalue weighted by Gasteiger charge is 2.16. The van der Waals surface area contributed by atoms with Crippen molar-refractivity contribution in [3.63, 3.8) is 0 Å². The van der Waals surface area contributed by atoms with Crippen molar-refractivity contribution in [3.05, 3.63) is 53.2 Å². The third-order valence-electron chi connectivity index (χ3n) is 3.27. The molecule has 1 aromatic carbocycles. The minimum Gasteiger partial charge on any atom is -0.383 e. The summed E-state index contributed by atoms with van der Waals surface area (Å²) < 4.78 is 28.6. The van der Waals surface area contributed by atoms with Gasteiger partial charge in [-0.1, -0.05) is 0 Å². The van der Waals surface area contributed by atoms with Gasteiger partial charge in [-0.2, -0.15) is 0 Å². The number of nitrogen functional groups attached to an aromatic ring is 1. The van der Waals surface area contributed by atoms with E-state index in [1.54, 1.807) is 4.40 Å². The van der Waals surface area contributed by atoms with Gasteiger partial charge in [0.05, 0.1) is 0 Å². The molecule has 2 heterocycles. The lowest BCUT2D eigenvalue weighted by Crippen LogP contribution is -1.98. The predicted octanol–water partition coefficient (Wildman–Crippen LogP) is 3.48. The molecule has 0 amide bonds. The Morgan fingerprint density at radius 3 is 2.55 bits per heavy atom. The fourth-order valence-electron chi connectivity index (χ4n) is 2.44. The normalized spacial score (nSPS) is 11.2. The molecule has 0 radical (unpaired) electrons. The van der Waals surface area contributed by atoms with E-state index in [4.69, 9.17) is 5.73 Å². The third-order valence-corrected chi connectivity index (χ3v) is 3.27. The summed E-state index contributed by atoms with van der Waals surface area (Å²) in [5, 5.41) is 0. The number of imidazole rings is 1. The zero-order valence-electron chi connectivity index (χ0n) is 11.1. The Morgan fingerprint density at radius 2 is 1.85 bits per heavy atom. The van der Waals surface area contributed by atoms with E-state index < -0.39 is 11.6 Å². The SMILES string of the molecule is Cc1cc(C)n2c(N)c(-c3ccc(F)cc3F)nc2c1. The van der Waals surface area contributed by atoms with Gasteiger partial charge >= 0.3 is 0 Å². The average molecular weight is 273 g/mol. The van der Waals surface area contributed by atoms with Crippen molar-refractivity contribution < 1.29 is 8.78 Å². The maximum Gasteiger partial charge on any atom is 0.139 e. The number of benzene rings is 1. The van der Waals surface area contributed by atoms with Crippen LogP contribution in [-0.2, 0) is 0 Å². The molecule has 0 aliphatic carbocycles. The third kappa shape index (κ3) is 1.82. The number of anilines is 1. The smallest absolute Gasteiger partial charge is 0.139 e. The Morgan fingerprint density at radius 1 is 1.10 bits per heavy atom. The Balaban J connectivity index is 2.32. The van der Waals surface area contributed by atoms with Gasteiger partial charge in [-0.25, -0.2) is 13.8 Å². The summed E-state index contributed by atoms with van der Waals surface area (Å²) in [6.07, 6.45) is 0. The Kier molecular flexibility index (Phi) is 2.71. The fraction of sp³-hybridized carbons (Fsp3) is 0.133. The monoisotopic (exact) mass is 273 g/mol. The number of rotatable bonds is 1. The van der Waals surface area contributed by atoms with Crippen LogP contribution >= 0.6 is 0 Å². The second kappa shape index (κ2) is 4.30. The first-order valence-corrected chi connectivity index (χ1v) is 6.18.